The number of aryl methyl sites for hydroxylation is 1. The molecule has 0 unspecified atom stereocenters. The topological polar surface area (TPSA) is 54.7 Å². The fourth-order valence-electron chi connectivity index (χ4n) is 3.85. The summed E-state index contributed by atoms with van der Waals surface area (Å²) in [6.45, 7) is 4.70. The van der Waals surface area contributed by atoms with Gasteiger partial charge in [0.1, 0.15) is 0 Å². The van der Waals surface area contributed by atoms with E-state index in [1.54, 1.807) is 4.90 Å². The summed E-state index contributed by atoms with van der Waals surface area (Å²) in [5, 5.41) is 0. The minimum absolute atomic E-state index is 0.00461. The smallest absolute Gasteiger partial charge is 0.253 e. The standard InChI is InChI=1S/C23H25N3O2S/c1-4-15(2)17-9-5-6-10-18(17)26-14-16(13-21(26)27)22(28)24-23-25(3)19-11-7-8-12-20(19)29-23/h5-12,15-16H,4,13-14H2,1-3H3/t15-,16-/m0/s1. The summed E-state index contributed by atoms with van der Waals surface area (Å²) in [5.41, 5.74) is 3.13. The third-order valence-corrected chi connectivity index (χ3v) is 6.88. The number of aromatic nitrogens is 1. The number of anilines is 1. The Bertz CT molecular complexity index is 1140. The maximum atomic E-state index is 12.9. The van der Waals surface area contributed by atoms with E-state index in [0.29, 0.717) is 17.3 Å². The van der Waals surface area contributed by atoms with E-state index in [-0.39, 0.29) is 18.2 Å². The largest absolute Gasteiger partial charge is 0.319 e. The van der Waals surface area contributed by atoms with Gasteiger partial charge in [0, 0.05) is 25.7 Å². The molecule has 1 saturated heterocycles. The van der Waals surface area contributed by atoms with Gasteiger partial charge in [-0.25, -0.2) is 0 Å². The number of rotatable bonds is 4. The monoisotopic (exact) mass is 407 g/mol. The minimum Gasteiger partial charge on any atom is -0.319 e. The maximum absolute atomic E-state index is 12.9. The van der Waals surface area contributed by atoms with Crippen LogP contribution in [0.4, 0.5) is 5.69 Å². The molecule has 6 heteroatoms. The molecule has 2 atom stereocenters. The van der Waals surface area contributed by atoms with Crippen LogP contribution in [-0.2, 0) is 16.6 Å². The molecule has 0 N–H and O–H groups in total. The molecule has 0 bridgehead atoms. The fourth-order valence-corrected chi connectivity index (χ4v) is 4.87. The lowest BCUT2D eigenvalue weighted by atomic mass is 9.96. The first kappa shape index (κ1) is 19.6. The molecule has 1 fully saturated rings. The highest BCUT2D eigenvalue weighted by Gasteiger charge is 2.36. The Labute approximate surface area is 174 Å². The van der Waals surface area contributed by atoms with E-state index in [1.165, 1.54) is 11.3 Å². The van der Waals surface area contributed by atoms with Crippen LogP contribution in [0.2, 0.25) is 0 Å². The number of thiazole rings is 1. The molecular weight excluding hydrogens is 382 g/mol. The van der Waals surface area contributed by atoms with Crippen LogP contribution in [0.1, 0.15) is 38.2 Å². The van der Waals surface area contributed by atoms with Gasteiger partial charge >= 0.3 is 0 Å². The number of benzene rings is 2. The molecule has 2 heterocycles. The summed E-state index contributed by atoms with van der Waals surface area (Å²) < 4.78 is 3.03. The fraction of sp³-hybridized carbons (Fsp3) is 0.348. The molecule has 0 spiro atoms. The highest BCUT2D eigenvalue weighted by Crippen LogP contribution is 2.33. The van der Waals surface area contributed by atoms with Gasteiger partial charge in [-0.1, -0.05) is 55.5 Å². The van der Waals surface area contributed by atoms with E-state index in [9.17, 15) is 9.59 Å². The van der Waals surface area contributed by atoms with Gasteiger partial charge in [-0.15, -0.1) is 0 Å². The van der Waals surface area contributed by atoms with Crippen molar-refractivity contribution in [1.29, 1.82) is 0 Å². The van der Waals surface area contributed by atoms with Gasteiger partial charge in [-0.3, -0.25) is 9.59 Å². The van der Waals surface area contributed by atoms with Crippen molar-refractivity contribution in [2.45, 2.75) is 32.6 Å². The number of carbonyl (C=O) groups excluding carboxylic acids is 2. The van der Waals surface area contributed by atoms with Crippen LogP contribution >= 0.6 is 11.3 Å². The summed E-state index contributed by atoms with van der Waals surface area (Å²) >= 11 is 1.50. The molecule has 1 aliphatic heterocycles. The molecule has 150 valence electrons. The summed E-state index contributed by atoms with van der Waals surface area (Å²) in [6, 6.07) is 16.0. The van der Waals surface area contributed by atoms with Gasteiger partial charge in [0.25, 0.3) is 5.91 Å². The first-order chi connectivity index (χ1) is 14.0. The average molecular weight is 408 g/mol. The molecule has 3 aromatic rings. The van der Waals surface area contributed by atoms with Crippen molar-refractivity contribution >= 4 is 39.1 Å². The van der Waals surface area contributed by atoms with E-state index in [0.717, 1.165) is 27.9 Å². The Morgan fingerprint density at radius 3 is 2.69 bits per heavy atom. The SMILES string of the molecule is CC[C@H](C)c1ccccc1N1C[C@@H](C(=O)N=c2sc3ccccc3n2C)CC1=O. The lowest BCUT2D eigenvalue weighted by Crippen LogP contribution is -2.27. The molecule has 4 rings (SSSR count). The third-order valence-electron chi connectivity index (χ3n) is 5.77. The quantitative estimate of drug-likeness (QED) is 0.650. The Hall–Kier alpha value is -2.73. The number of hydrogen-bond donors (Lipinski definition) is 0. The molecule has 1 aromatic heterocycles. The minimum atomic E-state index is -0.405. The zero-order valence-electron chi connectivity index (χ0n) is 17.0. The summed E-state index contributed by atoms with van der Waals surface area (Å²) in [6.07, 6.45) is 1.21. The summed E-state index contributed by atoms with van der Waals surface area (Å²) in [4.78, 5) is 32.4. The van der Waals surface area contributed by atoms with Crippen molar-refractivity contribution < 1.29 is 9.59 Å². The van der Waals surface area contributed by atoms with E-state index >= 15 is 0 Å². The zero-order chi connectivity index (χ0) is 20.5. The molecule has 29 heavy (non-hydrogen) atoms. The van der Waals surface area contributed by atoms with Gasteiger partial charge in [0.05, 0.1) is 16.1 Å². The second-order valence-electron chi connectivity index (χ2n) is 7.63. The normalized spacial score (nSPS) is 18.6. The third kappa shape index (κ3) is 3.65. The highest BCUT2D eigenvalue weighted by atomic mass is 32.1. The number of para-hydroxylation sites is 2. The van der Waals surface area contributed by atoms with Crippen LogP contribution in [-0.4, -0.2) is 22.9 Å². The molecule has 0 saturated carbocycles. The molecule has 0 radical (unpaired) electrons. The highest BCUT2D eigenvalue weighted by molar-refractivity contribution is 7.16. The van der Waals surface area contributed by atoms with Gasteiger partial charge in [-0.05, 0) is 36.1 Å². The number of nitrogens with zero attached hydrogens (tertiary/aromatic N) is 3. The van der Waals surface area contributed by atoms with E-state index in [4.69, 9.17) is 0 Å². The summed E-state index contributed by atoms with van der Waals surface area (Å²) in [5.74, 6) is -0.271. The summed E-state index contributed by atoms with van der Waals surface area (Å²) in [7, 11) is 1.92. The van der Waals surface area contributed by atoms with Crippen molar-refractivity contribution in [2.75, 3.05) is 11.4 Å². The lowest BCUT2D eigenvalue weighted by molar-refractivity contribution is -0.123. The molecule has 2 amide bonds. The Morgan fingerprint density at radius 2 is 1.93 bits per heavy atom. The van der Waals surface area contributed by atoms with Crippen molar-refractivity contribution in [3.63, 3.8) is 0 Å². The number of fused-ring (bicyclic) bond motifs is 1. The van der Waals surface area contributed by atoms with Gasteiger partial charge in [0.15, 0.2) is 4.80 Å². The van der Waals surface area contributed by atoms with E-state index < -0.39 is 5.92 Å². The van der Waals surface area contributed by atoms with Crippen LogP contribution in [0.5, 0.6) is 0 Å². The Kier molecular flexibility index (Phi) is 5.37. The van der Waals surface area contributed by atoms with Crippen LogP contribution in [0.3, 0.4) is 0 Å². The van der Waals surface area contributed by atoms with Gasteiger partial charge < -0.3 is 9.47 Å². The first-order valence-corrected chi connectivity index (χ1v) is 10.8. The van der Waals surface area contributed by atoms with Gasteiger partial charge in [0.2, 0.25) is 5.91 Å². The van der Waals surface area contributed by atoms with Crippen LogP contribution in [0, 0.1) is 5.92 Å². The maximum Gasteiger partial charge on any atom is 0.253 e. The van der Waals surface area contributed by atoms with Crippen molar-refractivity contribution in [3.8, 4) is 0 Å². The lowest BCUT2D eigenvalue weighted by Gasteiger charge is -2.22. The average Bonchev–Trinajstić information content (AvgIpc) is 3.28. The predicted octanol–water partition coefficient (Wildman–Crippen LogP) is 4.23. The predicted molar refractivity (Wildman–Crippen MR) is 117 cm³/mol. The molecule has 2 aromatic carbocycles. The van der Waals surface area contributed by atoms with Crippen LogP contribution < -0.4 is 9.70 Å². The van der Waals surface area contributed by atoms with Crippen molar-refractivity contribution in [3.05, 3.63) is 58.9 Å². The Balaban J connectivity index is 1.61. The number of carbonyl (C=O) groups is 2. The molecule has 5 nitrogen and oxygen atoms in total. The van der Waals surface area contributed by atoms with Gasteiger partial charge in [-0.2, -0.15) is 4.99 Å². The number of hydrogen-bond acceptors (Lipinski definition) is 3. The van der Waals surface area contributed by atoms with Crippen molar-refractivity contribution in [2.24, 2.45) is 18.0 Å². The zero-order valence-corrected chi connectivity index (χ0v) is 17.8. The molecule has 1 aliphatic rings. The second-order valence-corrected chi connectivity index (χ2v) is 8.64. The molecular formula is C23H25N3O2S. The van der Waals surface area contributed by atoms with Crippen molar-refractivity contribution in [1.82, 2.24) is 4.57 Å². The van der Waals surface area contributed by atoms with Crippen LogP contribution in [0.15, 0.2) is 53.5 Å². The van der Waals surface area contributed by atoms with Crippen LogP contribution in [0.25, 0.3) is 10.2 Å². The number of amides is 2. The van der Waals surface area contributed by atoms with E-state index in [1.807, 2.05) is 54.1 Å². The second kappa shape index (κ2) is 7.95. The first-order valence-electron chi connectivity index (χ1n) is 10.0. The molecule has 0 aliphatic carbocycles. The Morgan fingerprint density at radius 1 is 1.21 bits per heavy atom. The van der Waals surface area contributed by atoms with E-state index in [2.05, 4.69) is 24.9 Å².